The van der Waals surface area contributed by atoms with Crippen molar-refractivity contribution in [2.75, 3.05) is 0 Å². The number of fused-ring (bicyclic) bond motifs is 1. The van der Waals surface area contributed by atoms with E-state index >= 15 is 0 Å². The minimum Gasteiger partial charge on any atom is -0.299 e. The molecule has 2 heterocycles. The molecule has 0 N–H and O–H groups in total. The standard InChI is InChI=1S/C8H10O3S/c9-7-2-4-1-5-3-6(7)8(4)12(5,10)11/h4-6,8H,1-3H2. The van der Waals surface area contributed by atoms with Crippen molar-refractivity contribution in [3.8, 4) is 0 Å². The molecular weight excluding hydrogens is 176 g/mol. The molecule has 4 atom stereocenters. The van der Waals surface area contributed by atoms with Crippen LogP contribution in [-0.2, 0) is 14.6 Å². The van der Waals surface area contributed by atoms with Crippen LogP contribution in [0.4, 0.5) is 0 Å². The molecule has 3 rings (SSSR count). The number of hydrogen-bond acceptors (Lipinski definition) is 3. The van der Waals surface area contributed by atoms with Gasteiger partial charge >= 0.3 is 0 Å². The zero-order chi connectivity index (χ0) is 8.51. The summed E-state index contributed by atoms with van der Waals surface area (Å²) in [5.41, 5.74) is 0. The van der Waals surface area contributed by atoms with Gasteiger partial charge in [0.25, 0.3) is 0 Å². The summed E-state index contributed by atoms with van der Waals surface area (Å²) < 4.78 is 23.2. The van der Waals surface area contributed by atoms with Crippen molar-refractivity contribution < 1.29 is 13.2 Å². The van der Waals surface area contributed by atoms with Crippen LogP contribution in [0.25, 0.3) is 0 Å². The molecule has 3 aliphatic rings. The minimum atomic E-state index is -2.88. The predicted molar refractivity (Wildman–Crippen MR) is 42.3 cm³/mol. The molecule has 1 aliphatic carbocycles. The van der Waals surface area contributed by atoms with Crippen LogP contribution in [0.15, 0.2) is 0 Å². The van der Waals surface area contributed by atoms with E-state index in [0.29, 0.717) is 12.8 Å². The Hall–Kier alpha value is -0.380. The number of carbonyl (C=O) groups is 1. The molecule has 0 amide bonds. The fourth-order valence-corrected chi connectivity index (χ4v) is 6.13. The normalized spacial score (nSPS) is 53.5. The maximum atomic E-state index is 11.6. The maximum absolute atomic E-state index is 11.6. The molecule has 66 valence electrons. The molecular formula is C8H10O3S. The Morgan fingerprint density at radius 1 is 1.25 bits per heavy atom. The van der Waals surface area contributed by atoms with Gasteiger partial charge in [-0.25, -0.2) is 8.42 Å². The lowest BCUT2D eigenvalue weighted by molar-refractivity contribution is -0.120. The summed E-state index contributed by atoms with van der Waals surface area (Å²) in [7, 11) is -2.88. The second-order valence-corrected chi connectivity index (χ2v) is 6.57. The quantitative estimate of drug-likeness (QED) is 0.541. The van der Waals surface area contributed by atoms with Crippen molar-refractivity contribution in [2.45, 2.75) is 29.8 Å². The molecule has 3 fully saturated rings. The highest BCUT2D eigenvalue weighted by molar-refractivity contribution is 7.93. The van der Waals surface area contributed by atoms with E-state index in [2.05, 4.69) is 0 Å². The SMILES string of the molecule is O=C1CC2CC3CC1C2S3(=O)=O. The van der Waals surface area contributed by atoms with Gasteiger partial charge in [0.2, 0.25) is 0 Å². The largest absolute Gasteiger partial charge is 0.299 e. The van der Waals surface area contributed by atoms with Crippen LogP contribution in [0.2, 0.25) is 0 Å². The topological polar surface area (TPSA) is 51.2 Å². The highest BCUT2D eigenvalue weighted by Crippen LogP contribution is 2.54. The summed E-state index contributed by atoms with van der Waals surface area (Å²) in [4.78, 5) is 11.3. The summed E-state index contributed by atoms with van der Waals surface area (Å²) in [6.45, 7) is 0. The van der Waals surface area contributed by atoms with Crippen LogP contribution >= 0.6 is 0 Å². The van der Waals surface area contributed by atoms with Gasteiger partial charge in [0.05, 0.1) is 10.5 Å². The molecule has 2 bridgehead atoms. The second kappa shape index (κ2) is 1.76. The molecule has 0 radical (unpaired) electrons. The van der Waals surface area contributed by atoms with Crippen molar-refractivity contribution in [3.63, 3.8) is 0 Å². The molecule has 0 aromatic rings. The smallest absolute Gasteiger partial charge is 0.157 e. The fourth-order valence-electron chi connectivity index (χ4n) is 3.23. The Labute approximate surface area is 71.1 Å². The second-order valence-electron chi connectivity index (χ2n) is 4.18. The molecule has 3 nitrogen and oxygen atoms in total. The lowest BCUT2D eigenvalue weighted by atomic mass is 9.89. The van der Waals surface area contributed by atoms with Gasteiger partial charge in [0.15, 0.2) is 9.84 Å². The highest BCUT2D eigenvalue weighted by Gasteiger charge is 2.63. The number of hydrogen-bond donors (Lipinski definition) is 0. The van der Waals surface area contributed by atoms with Gasteiger partial charge in [-0.1, -0.05) is 0 Å². The van der Waals surface area contributed by atoms with Crippen LogP contribution in [0.5, 0.6) is 0 Å². The number of sulfone groups is 1. The average Bonchev–Trinajstić information content (AvgIpc) is 2.43. The van der Waals surface area contributed by atoms with Crippen molar-refractivity contribution in [1.29, 1.82) is 0 Å². The van der Waals surface area contributed by atoms with Gasteiger partial charge in [0, 0.05) is 12.3 Å². The number of ketones is 1. The summed E-state index contributed by atoms with van der Waals surface area (Å²) in [5, 5.41) is -0.432. The van der Waals surface area contributed by atoms with Gasteiger partial charge in [-0.2, -0.15) is 0 Å². The molecule has 4 unspecified atom stereocenters. The molecule has 2 saturated heterocycles. The first kappa shape index (κ1) is 7.06. The van der Waals surface area contributed by atoms with E-state index in [4.69, 9.17) is 0 Å². The monoisotopic (exact) mass is 186 g/mol. The Balaban J connectivity index is 2.20. The van der Waals surface area contributed by atoms with Crippen LogP contribution in [0, 0.1) is 11.8 Å². The van der Waals surface area contributed by atoms with Crippen LogP contribution in [0.3, 0.4) is 0 Å². The van der Waals surface area contributed by atoms with E-state index in [0.717, 1.165) is 6.42 Å². The van der Waals surface area contributed by atoms with E-state index in [1.54, 1.807) is 0 Å². The third kappa shape index (κ3) is 0.563. The molecule has 0 aromatic heterocycles. The minimum absolute atomic E-state index is 0.112. The summed E-state index contributed by atoms with van der Waals surface area (Å²) in [6.07, 6.45) is 1.92. The fraction of sp³-hybridized carbons (Fsp3) is 0.875. The number of rotatable bonds is 0. The van der Waals surface area contributed by atoms with Crippen LogP contribution in [0.1, 0.15) is 19.3 Å². The molecule has 12 heavy (non-hydrogen) atoms. The van der Waals surface area contributed by atoms with Crippen LogP contribution < -0.4 is 0 Å². The summed E-state index contributed by atoms with van der Waals surface area (Å²) in [6, 6.07) is 0. The van der Waals surface area contributed by atoms with Crippen molar-refractivity contribution in [3.05, 3.63) is 0 Å². The van der Waals surface area contributed by atoms with Crippen LogP contribution in [-0.4, -0.2) is 24.7 Å². The van der Waals surface area contributed by atoms with Gasteiger partial charge in [-0.3, -0.25) is 4.79 Å². The number of Topliss-reactive ketones (excluding diaryl/α,β-unsaturated/α-hetero) is 1. The molecule has 4 heteroatoms. The molecule has 0 spiro atoms. The predicted octanol–water partition coefficient (Wildman–Crippen LogP) is 0.151. The Bertz CT molecular complexity index is 356. The summed E-state index contributed by atoms with van der Waals surface area (Å²) in [5.74, 6) is 0.276. The van der Waals surface area contributed by atoms with Crippen molar-refractivity contribution in [2.24, 2.45) is 11.8 Å². The summed E-state index contributed by atoms with van der Waals surface area (Å²) >= 11 is 0. The lowest BCUT2D eigenvalue weighted by Crippen LogP contribution is -2.21. The van der Waals surface area contributed by atoms with Crippen molar-refractivity contribution in [1.82, 2.24) is 0 Å². The first-order valence-electron chi connectivity index (χ1n) is 4.36. The van der Waals surface area contributed by atoms with Gasteiger partial charge < -0.3 is 0 Å². The van der Waals surface area contributed by atoms with E-state index < -0.39 is 9.84 Å². The zero-order valence-corrected chi connectivity index (χ0v) is 7.38. The Morgan fingerprint density at radius 2 is 2.00 bits per heavy atom. The van der Waals surface area contributed by atoms with Gasteiger partial charge in [-0.05, 0) is 18.8 Å². The van der Waals surface area contributed by atoms with E-state index in [1.807, 2.05) is 0 Å². The third-order valence-electron chi connectivity index (χ3n) is 3.66. The third-order valence-corrected chi connectivity index (χ3v) is 6.45. The van der Waals surface area contributed by atoms with Crippen molar-refractivity contribution >= 4 is 15.6 Å². The van der Waals surface area contributed by atoms with E-state index in [9.17, 15) is 13.2 Å². The lowest BCUT2D eigenvalue weighted by Gasteiger charge is -2.11. The Morgan fingerprint density at radius 3 is 2.50 bits per heavy atom. The zero-order valence-electron chi connectivity index (χ0n) is 6.56. The Kier molecular flexibility index (Phi) is 1.04. The first-order valence-corrected chi connectivity index (χ1v) is 5.97. The highest BCUT2D eigenvalue weighted by atomic mass is 32.2. The van der Waals surface area contributed by atoms with Gasteiger partial charge in [-0.15, -0.1) is 0 Å². The maximum Gasteiger partial charge on any atom is 0.157 e. The van der Waals surface area contributed by atoms with Gasteiger partial charge in [0.1, 0.15) is 5.78 Å². The molecule has 2 aliphatic heterocycles. The number of carbonyl (C=O) groups excluding carboxylic acids is 1. The van der Waals surface area contributed by atoms with E-state index in [-0.39, 0.29) is 28.1 Å². The average molecular weight is 186 g/mol. The first-order chi connectivity index (χ1) is 5.60. The molecule has 0 aromatic carbocycles. The van der Waals surface area contributed by atoms with E-state index in [1.165, 1.54) is 0 Å². The molecule has 1 saturated carbocycles.